The smallest absolute Gasteiger partial charge is 0.408 e. The van der Waals surface area contributed by atoms with Gasteiger partial charge >= 0.3 is 12.1 Å². The molecule has 1 aromatic carbocycles. The third kappa shape index (κ3) is 9.87. The van der Waals surface area contributed by atoms with Gasteiger partial charge < -0.3 is 40.2 Å². The Hall–Kier alpha value is -4.67. The molecule has 2 saturated heterocycles. The van der Waals surface area contributed by atoms with E-state index in [0.29, 0.717) is 57.3 Å². The number of likely N-dealkylation sites (tertiary alicyclic amines) is 2. The van der Waals surface area contributed by atoms with E-state index in [2.05, 4.69) is 27.4 Å². The van der Waals surface area contributed by atoms with Crippen molar-refractivity contribution >= 4 is 62.8 Å². The number of aliphatic carboxylic acids is 1. The molecular weight excluding hydrogens is 846 g/mol. The first kappa shape index (κ1) is 44.9. The second kappa shape index (κ2) is 18.1. The number of rotatable bonds is 16. The fraction of sp³-hybridized carbons (Fsp3) is 0.609. The normalized spacial score (nSPS) is 27.1. The number of carboxylic acid groups (broad SMARTS) is 1. The van der Waals surface area contributed by atoms with Crippen molar-refractivity contribution in [3.8, 4) is 22.9 Å². The highest BCUT2D eigenvalue weighted by atomic mass is 35.5. The van der Waals surface area contributed by atoms with Crippen LogP contribution in [0, 0.1) is 23.2 Å². The number of amides is 3. The van der Waals surface area contributed by atoms with Crippen LogP contribution in [0.25, 0.3) is 22.3 Å². The van der Waals surface area contributed by atoms with Crippen LogP contribution in [-0.2, 0) is 19.1 Å². The van der Waals surface area contributed by atoms with Gasteiger partial charge in [-0.1, -0.05) is 44.9 Å². The standard InChI is InChI=1S/C46H60ClN7O8S/c1-7-28-22-46(28,42(57)58)52-40(55)34-20-30(23-54(34)41(56)39(45(4,5)6)51-44(59)62-29-18-26-17-27(26)19-29)61-36-21-32(33-24-63-43(50-33)48-25(2)3)49-38-31(36)11-12-35(37(38)47)60-16-15-53-13-9-8-10-14-53/h7,11-12,21,24-30,34,39H,1,8-10,13-20,22-23H2,2-6H3,(H,48,50)(H,51,59)(H,52,55)(H,57,58)/t26-,27+,28-,29?,30-,34+,39-,46-/m1/s1. The van der Waals surface area contributed by atoms with E-state index in [-0.39, 0.29) is 31.5 Å². The Morgan fingerprint density at radius 1 is 1.03 bits per heavy atom. The second-order valence-corrected chi connectivity index (χ2v) is 20.6. The zero-order chi connectivity index (χ0) is 44.8. The molecule has 8 rings (SSSR count). The predicted octanol–water partition coefficient (Wildman–Crippen LogP) is 7.13. The number of carbonyl (C=O) groups is 4. The highest BCUT2D eigenvalue weighted by molar-refractivity contribution is 7.14. The molecule has 340 valence electrons. The minimum atomic E-state index is -1.53. The van der Waals surface area contributed by atoms with Crippen molar-refractivity contribution in [3.63, 3.8) is 0 Å². The quantitative estimate of drug-likeness (QED) is 0.107. The Morgan fingerprint density at radius 3 is 2.44 bits per heavy atom. The zero-order valence-electron chi connectivity index (χ0n) is 36.8. The molecule has 1 unspecified atom stereocenters. The van der Waals surface area contributed by atoms with Crippen LogP contribution in [0.4, 0.5) is 9.93 Å². The number of alkyl carbamates (subject to hydrolysis) is 1. The van der Waals surface area contributed by atoms with Crippen LogP contribution in [0.2, 0.25) is 5.02 Å². The molecule has 8 atom stereocenters. The summed E-state index contributed by atoms with van der Waals surface area (Å²) in [5.74, 6) is -0.708. The van der Waals surface area contributed by atoms with E-state index < -0.39 is 58.9 Å². The number of benzene rings is 1. The van der Waals surface area contributed by atoms with E-state index in [1.165, 1.54) is 48.0 Å². The average molecular weight is 907 g/mol. The Bertz CT molecular complexity index is 2230. The number of hydrogen-bond acceptors (Lipinski definition) is 12. The topological polar surface area (TPSA) is 185 Å². The first-order valence-corrected chi connectivity index (χ1v) is 23.6. The molecule has 3 saturated carbocycles. The van der Waals surface area contributed by atoms with Gasteiger partial charge in [-0.2, -0.15) is 0 Å². The number of hydrogen-bond donors (Lipinski definition) is 4. The maximum absolute atomic E-state index is 14.8. The largest absolute Gasteiger partial charge is 0.491 e. The van der Waals surface area contributed by atoms with Gasteiger partial charge in [0, 0.05) is 41.8 Å². The van der Waals surface area contributed by atoms with Crippen LogP contribution < -0.4 is 25.4 Å². The zero-order valence-corrected chi connectivity index (χ0v) is 38.4. The van der Waals surface area contributed by atoms with Gasteiger partial charge in [0.1, 0.15) is 58.7 Å². The number of halogens is 1. The fourth-order valence-electron chi connectivity index (χ4n) is 9.47. The van der Waals surface area contributed by atoms with Crippen molar-refractivity contribution in [1.82, 2.24) is 30.4 Å². The Morgan fingerprint density at radius 2 is 1.78 bits per heavy atom. The van der Waals surface area contributed by atoms with E-state index in [1.807, 2.05) is 46.1 Å². The number of ether oxygens (including phenoxy) is 3. The van der Waals surface area contributed by atoms with Gasteiger partial charge in [-0.3, -0.25) is 14.5 Å². The number of fused-ring (bicyclic) bond motifs is 2. The van der Waals surface area contributed by atoms with Crippen molar-refractivity contribution in [2.45, 2.75) is 122 Å². The third-order valence-electron chi connectivity index (χ3n) is 13.2. The van der Waals surface area contributed by atoms with Crippen LogP contribution >= 0.6 is 22.9 Å². The molecule has 3 aliphatic carbocycles. The summed E-state index contributed by atoms with van der Waals surface area (Å²) in [4.78, 5) is 68.5. The molecule has 3 amide bonds. The van der Waals surface area contributed by atoms with E-state index in [9.17, 15) is 24.3 Å². The predicted molar refractivity (Wildman–Crippen MR) is 241 cm³/mol. The summed E-state index contributed by atoms with van der Waals surface area (Å²) in [6, 6.07) is 3.38. The van der Waals surface area contributed by atoms with Gasteiger partial charge in [-0.15, -0.1) is 17.9 Å². The number of carbonyl (C=O) groups excluding carboxylic acids is 3. The van der Waals surface area contributed by atoms with Crippen LogP contribution in [-0.4, -0.2) is 117 Å². The van der Waals surface area contributed by atoms with Crippen molar-refractivity contribution in [1.29, 1.82) is 0 Å². The Labute approximate surface area is 377 Å². The summed E-state index contributed by atoms with van der Waals surface area (Å²) in [6.45, 7) is 16.6. The second-order valence-electron chi connectivity index (χ2n) is 19.4. The lowest BCUT2D eigenvalue weighted by atomic mass is 9.85. The molecule has 5 aliphatic rings. The molecule has 4 N–H and O–H groups in total. The highest BCUT2D eigenvalue weighted by Crippen LogP contribution is 2.52. The minimum Gasteiger partial charge on any atom is -0.491 e. The molecule has 4 heterocycles. The molecule has 2 aromatic heterocycles. The number of nitrogens with zero attached hydrogens (tertiary/aromatic N) is 4. The number of piperidine rings is 1. The molecule has 0 bridgehead atoms. The first-order chi connectivity index (χ1) is 30.0. The summed E-state index contributed by atoms with van der Waals surface area (Å²) in [5, 5.41) is 22.7. The van der Waals surface area contributed by atoms with Crippen LogP contribution in [0.5, 0.6) is 11.5 Å². The van der Waals surface area contributed by atoms with Gasteiger partial charge in [0.2, 0.25) is 11.8 Å². The number of aromatic nitrogens is 2. The van der Waals surface area contributed by atoms with E-state index >= 15 is 0 Å². The molecule has 3 aromatic rings. The van der Waals surface area contributed by atoms with Gasteiger partial charge in [0.25, 0.3) is 0 Å². The van der Waals surface area contributed by atoms with Gasteiger partial charge in [0.05, 0.1) is 17.8 Å². The van der Waals surface area contributed by atoms with Crippen LogP contribution in [0.15, 0.2) is 36.2 Å². The van der Waals surface area contributed by atoms with Crippen LogP contribution in [0.3, 0.4) is 0 Å². The monoisotopic (exact) mass is 905 g/mol. The summed E-state index contributed by atoms with van der Waals surface area (Å²) >= 11 is 8.57. The van der Waals surface area contributed by atoms with E-state index in [1.54, 1.807) is 12.1 Å². The summed E-state index contributed by atoms with van der Waals surface area (Å²) in [5.41, 5.74) is -0.784. The molecular formula is C46H60ClN7O8S. The number of carboxylic acids is 1. The summed E-state index contributed by atoms with van der Waals surface area (Å²) in [6.07, 6.45) is 6.51. The van der Waals surface area contributed by atoms with Gasteiger partial charge in [-0.05, 0) is 94.8 Å². The highest BCUT2D eigenvalue weighted by Gasteiger charge is 2.61. The third-order valence-corrected chi connectivity index (χ3v) is 14.3. The van der Waals surface area contributed by atoms with E-state index in [4.69, 9.17) is 35.8 Å². The van der Waals surface area contributed by atoms with E-state index in [0.717, 1.165) is 37.6 Å². The maximum Gasteiger partial charge on any atom is 0.408 e. The molecule has 15 nitrogen and oxygen atoms in total. The number of anilines is 1. The molecule has 0 radical (unpaired) electrons. The Balaban J connectivity index is 1.09. The molecule has 0 spiro atoms. The number of nitrogens with one attached hydrogen (secondary N) is 3. The lowest BCUT2D eigenvalue weighted by Crippen LogP contribution is -2.59. The maximum atomic E-state index is 14.8. The Kier molecular flexibility index (Phi) is 12.9. The molecule has 17 heteroatoms. The lowest BCUT2D eigenvalue weighted by molar-refractivity contribution is -0.146. The number of pyridine rings is 1. The number of thiazole rings is 1. The fourth-order valence-corrected chi connectivity index (χ4v) is 10.6. The summed E-state index contributed by atoms with van der Waals surface area (Å²) in [7, 11) is 0. The van der Waals surface area contributed by atoms with Crippen molar-refractivity contribution in [2.75, 3.05) is 38.1 Å². The first-order valence-electron chi connectivity index (χ1n) is 22.4. The van der Waals surface area contributed by atoms with Gasteiger partial charge in [0.15, 0.2) is 5.13 Å². The SMILES string of the molecule is C=C[C@@H]1C[C@]1(NC(=O)[C@@H]1C[C@@H](Oc2cc(-c3csc(NC(C)C)n3)nc3c(Cl)c(OCCN4CCCCC4)ccc23)CN1C(=O)[C@@H](NC(=O)OC1C[C@@H]2C[C@@H]2C1)C(C)(C)C)C(=O)O. The van der Waals surface area contributed by atoms with Crippen molar-refractivity contribution < 1.29 is 38.5 Å². The molecule has 63 heavy (non-hydrogen) atoms. The minimum absolute atomic E-state index is 0.0297. The van der Waals surface area contributed by atoms with Gasteiger partial charge in [-0.25, -0.2) is 19.6 Å². The molecule has 5 fully saturated rings. The average Bonchev–Trinajstić information content (AvgIpc) is 3.91. The lowest BCUT2D eigenvalue weighted by Gasteiger charge is -2.35. The summed E-state index contributed by atoms with van der Waals surface area (Å²) < 4.78 is 18.8. The van der Waals surface area contributed by atoms with Crippen molar-refractivity contribution in [2.24, 2.45) is 23.2 Å². The van der Waals surface area contributed by atoms with Crippen molar-refractivity contribution in [3.05, 3.63) is 41.3 Å². The van der Waals surface area contributed by atoms with Crippen LogP contribution in [0.1, 0.15) is 86.0 Å². The molecule has 2 aliphatic heterocycles.